The van der Waals surface area contributed by atoms with Gasteiger partial charge in [-0.1, -0.05) is 6.07 Å². The summed E-state index contributed by atoms with van der Waals surface area (Å²) in [5, 5.41) is 3.53. The van der Waals surface area contributed by atoms with Crippen molar-refractivity contribution in [3.05, 3.63) is 48.3 Å². The van der Waals surface area contributed by atoms with Gasteiger partial charge in [0.1, 0.15) is 5.82 Å². The molecule has 20 heavy (non-hydrogen) atoms. The summed E-state index contributed by atoms with van der Waals surface area (Å²) in [4.78, 5) is 12.1. The summed E-state index contributed by atoms with van der Waals surface area (Å²) in [5.41, 5.74) is 4.39. The molecule has 0 aliphatic heterocycles. The van der Waals surface area contributed by atoms with Crippen LogP contribution in [0.3, 0.4) is 0 Å². The molecule has 0 bridgehead atoms. The van der Waals surface area contributed by atoms with E-state index in [1.54, 1.807) is 6.20 Å². The number of aromatic amines is 1. The van der Waals surface area contributed by atoms with Crippen molar-refractivity contribution < 1.29 is 0 Å². The molecule has 4 heteroatoms. The Morgan fingerprint density at radius 1 is 1.25 bits per heavy atom. The van der Waals surface area contributed by atoms with E-state index in [9.17, 15) is 0 Å². The number of fused-ring (bicyclic) bond motifs is 1. The number of H-pyrrole nitrogens is 1. The highest BCUT2D eigenvalue weighted by Crippen LogP contribution is 2.22. The maximum absolute atomic E-state index is 4.62. The fraction of sp³-hybridized carbons (Fsp3) is 0.250. The molecule has 0 radical (unpaired) electrons. The highest BCUT2D eigenvalue weighted by atomic mass is 14.9. The van der Waals surface area contributed by atoms with Gasteiger partial charge in [-0.3, -0.25) is 4.98 Å². The molecular weight excluding hydrogens is 248 g/mol. The predicted molar refractivity (Wildman–Crippen MR) is 79.2 cm³/mol. The summed E-state index contributed by atoms with van der Waals surface area (Å²) in [6, 6.07) is 11.1. The van der Waals surface area contributed by atoms with Crippen molar-refractivity contribution in [3.8, 4) is 11.4 Å². The van der Waals surface area contributed by atoms with Gasteiger partial charge in [0.2, 0.25) is 0 Å². The summed E-state index contributed by atoms with van der Waals surface area (Å²) in [7, 11) is 0. The van der Waals surface area contributed by atoms with Crippen molar-refractivity contribution in [2.75, 3.05) is 0 Å². The van der Waals surface area contributed by atoms with E-state index in [0.29, 0.717) is 0 Å². The summed E-state index contributed by atoms with van der Waals surface area (Å²) in [6.45, 7) is 0.932. The van der Waals surface area contributed by atoms with E-state index in [1.165, 1.54) is 18.4 Å². The lowest BCUT2D eigenvalue weighted by atomic mass is 10.2. The first-order valence-electron chi connectivity index (χ1n) is 7.01. The van der Waals surface area contributed by atoms with E-state index in [4.69, 9.17) is 0 Å². The van der Waals surface area contributed by atoms with Crippen molar-refractivity contribution in [1.82, 2.24) is 20.3 Å². The fourth-order valence-corrected chi connectivity index (χ4v) is 2.36. The summed E-state index contributed by atoms with van der Waals surface area (Å²) < 4.78 is 0. The number of imidazole rings is 1. The Morgan fingerprint density at radius 2 is 2.20 bits per heavy atom. The van der Waals surface area contributed by atoms with Gasteiger partial charge < -0.3 is 10.3 Å². The third-order valence-electron chi connectivity index (χ3n) is 3.65. The molecule has 1 aliphatic rings. The molecule has 0 saturated heterocycles. The molecule has 2 N–H and O–H groups in total. The van der Waals surface area contributed by atoms with Crippen LogP contribution >= 0.6 is 0 Å². The maximum Gasteiger partial charge on any atom is 0.140 e. The molecule has 2 aromatic heterocycles. The quantitative estimate of drug-likeness (QED) is 0.762. The van der Waals surface area contributed by atoms with Gasteiger partial charge in [-0.15, -0.1) is 0 Å². The van der Waals surface area contributed by atoms with Gasteiger partial charge in [0.05, 0.1) is 11.0 Å². The third kappa shape index (κ3) is 2.30. The normalized spacial score (nSPS) is 14.8. The SMILES string of the molecule is c1cncc(-c2nc3ccc(CNC4CC4)cc3[nH]2)c1. The molecular formula is C16H16N4. The summed E-state index contributed by atoms with van der Waals surface area (Å²) >= 11 is 0. The lowest BCUT2D eigenvalue weighted by Gasteiger charge is -2.02. The monoisotopic (exact) mass is 264 g/mol. The molecule has 0 unspecified atom stereocenters. The number of pyridine rings is 1. The number of hydrogen-bond acceptors (Lipinski definition) is 3. The molecule has 0 amide bonds. The average molecular weight is 264 g/mol. The molecule has 0 spiro atoms. The van der Waals surface area contributed by atoms with Gasteiger partial charge in [-0.25, -0.2) is 4.98 Å². The number of benzene rings is 1. The lowest BCUT2D eigenvalue weighted by Crippen LogP contribution is -2.15. The van der Waals surface area contributed by atoms with Crippen LogP contribution in [0.1, 0.15) is 18.4 Å². The standard InChI is InChI=1S/C16H16N4/c1-2-12(10-17-7-1)16-19-14-6-3-11(8-15(14)20-16)9-18-13-4-5-13/h1-3,6-8,10,13,18H,4-5,9H2,(H,19,20). The molecule has 1 aliphatic carbocycles. The summed E-state index contributed by atoms with van der Waals surface area (Å²) in [6.07, 6.45) is 6.23. The first kappa shape index (κ1) is 11.6. The largest absolute Gasteiger partial charge is 0.338 e. The molecule has 4 nitrogen and oxygen atoms in total. The van der Waals surface area contributed by atoms with E-state index in [1.807, 2.05) is 18.3 Å². The molecule has 1 saturated carbocycles. The van der Waals surface area contributed by atoms with Crippen LogP contribution in [-0.4, -0.2) is 21.0 Å². The zero-order valence-corrected chi connectivity index (χ0v) is 11.1. The van der Waals surface area contributed by atoms with Crippen molar-refractivity contribution in [1.29, 1.82) is 0 Å². The first-order valence-corrected chi connectivity index (χ1v) is 7.01. The minimum atomic E-state index is 0.735. The van der Waals surface area contributed by atoms with E-state index in [2.05, 4.69) is 38.5 Å². The number of nitrogens with one attached hydrogen (secondary N) is 2. The zero-order chi connectivity index (χ0) is 13.4. The Labute approximate surface area is 117 Å². The summed E-state index contributed by atoms with van der Waals surface area (Å²) in [5.74, 6) is 0.875. The zero-order valence-electron chi connectivity index (χ0n) is 11.1. The van der Waals surface area contributed by atoms with Crippen LogP contribution in [0.5, 0.6) is 0 Å². The van der Waals surface area contributed by atoms with Crippen molar-refractivity contribution in [2.45, 2.75) is 25.4 Å². The second kappa shape index (κ2) is 4.72. The maximum atomic E-state index is 4.62. The fourth-order valence-electron chi connectivity index (χ4n) is 2.36. The van der Waals surface area contributed by atoms with E-state index in [-0.39, 0.29) is 0 Å². The van der Waals surface area contributed by atoms with Crippen molar-refractivity contribution >= 4 is 11.0 Å². The average Bonchev–Trinajstić information content (AvgIpc) is 3.23. The molecule has 0 atom stereocenters. The Balaban J connectivity index is 1.64. The molecule has 3 aromatic rings. The second-order valence-electron chi connectivity index (χ2n) is 5.33. The molecule has 1 aromatic carbocycles. The van der Waals surface area contributed by atoms with Gasteiger partial charge in [0, 0.05) is 30.5 Å². The van der Waals surface area contributed by atoms with E-state index >= 15 is 0 Å². The van der Waals surface area contributed by atoms with Gasteiger partial charge in [0.15, 0.2) is 0 Å². The van der Waals surface area contributed by atoms with Gasteiger partial charge >= 0.3 is 0 Å². The smallest absolute Gasteiger partial charge is 0.140 e. The van der Waals surface area contributed by atoms with Crippen LogP contribution in [-0.2, 0) is 6.54 Å². The number of rotatable bonds is 4. The van der Waals surface area contributed by atoms with Gasteiger partial charge in [-0.2, -0.15) is 0 Å². The minimum absolute atomic E-state index is 0.735. The number of nitrogens with zero attached hydrogens (tertiary/aromatic N) is 2. The number of hydrogen-bond donors (Lipinski definition) is 2. The van der Waals surface area contributed by atoms with Gasteiger partial charge in [0.25, 0.3) is 0 Å². The van der Waals surface area contributed by atoms with E-state index in [0.717, 1.165) is 35.0 Å². The van der Waals surface area contributed by atoms with Crippen LogP contribution < -0.4 is 5.32 Å². The Morgan fingerprint density at radius 3 is 3.00 bits per heavy atom. The Hall–Kier alpha value is -2.20. The van der Waals surface area contributed by atoms with Crippen LogP contribution in [0.2, 0.25) is 0 Å². The molecule has 4 rings (SSSR count). The number of aromatic nitrogens is 3. The van der Waals surface area contributed by atoms with Crippen molar-refractivity contribution in [2.24, 2.45) is 0 Å². The molecule has 2 heterocycles. The molecule has 100 valence electrons. The lowest BCUT2D eigenvalue weighted by molar-refractivity contribution is 0.688. The highest BCUT2D eigenvalue weighted by molar-refractivity contribution is 5.79. The Bertz CT molecular complexity index is 729. The highest BCUT2D eigenvalue weighted by Gasteiger charge is 2.19. The predicted octanol–water partition coefficient (Wildman–Crippen LogP) is 2.88. The van der Waals surface area contributed by atoms with E-state index < -0.39 is 0 Å². The van der Waals surface area contributed by atoms with Crippen LogP contribution in [0.25, 0.3) is 22.4 Å². The third-order valence-corrected chi connectivity index (χ3v) is 3.65. The topological polar surface area (TPSA) is 53.6 Å². The minimum Gasteiger partial charge on any atom is -0.338 e. The van der Waals surface area contributed by atoms with Crippen LogP contribution in [0, 0.1) is 0 Å². The van der Waals surface area contributed by atoms with Crippen molar-refractivity contribution in [3.63, 3.8) is 0 Å². The molecule has 1 fully saturated rings. The second-order valence-corrected chi connectivity index (χ2v) is 5.33. The first-order chi connectivity index (χ1) is 9.88. The van der Waals surface area contributed by atoms with Crippen LogP contribution in [0.15, 0.2) is 42.7 Å². The van der Waals surface area contributed by atoms with Crippen LogP contribution in [0.4, 0.5) is 0 Å². The van der Waals surface area contributed by atoms with Gasteiger partial charge in [-0.05, 0) is 42.7 Å². The Kier molecular flexibility index (Phi) is 2.74.